The van der Waals surface area contributed by atoms with Crippen molar-refractivity contribution in [1.82, 2.24) is 0 Å². The molecule has 240 valence electrons. The molecule has 0 spiro atoms. The van der Waals surface area contributed by atoms with Crippen molar-refractivity contribution in [2.24, 2.45) is 0 Å². The topological polar surface area (TPSA) is 105 Å². The number of benzene rings is 4. The highest BCUT2D eigenvalue weighted by Crippen LogP contribution is 2.26. The predicted octanol–water partition coefficient (Wildman–Crippen LogP) is 7.83. The van der Waals surface area contributed by atoms with E-state index in [1.807, 2.05) is 72.8 Å². The van der Waals surface area contributed by atoms with Crippen LogP contribution in [0.1, 0.15) is 85.9 Å². The Morgan fingerprint density at radius 1 is 0.333 bits per heavy atom. The van der Waals surface area contributed by atoms with Crippen molar-refractivity contribution in [1.29, 1.82) is 0 Å². The molecule has 8 heteroatoms. The van der Waals surface area contributed by atoms with Gasteiger partial charge in [0.1, 0.15) is 0 Å². The van der Waals surface area contributed by atoms with Crippen molar-refractivity contribution in [3.63, 3.8) is 0 Å². The van der Waals surface area contributed by atoms with Crippen LogP contribution in [-0.4, -0.2) is 52.3 Å². The molecule has 0 atom stereocenters. The molecule has 48 heavy (non-hydrogen) atoms. The average molecular weight is 641 g/mol. The van der Waals surface area contributed by atoms with Crippen LogP contribution in [0.4, 0.5) is 0 Å². The third-order valence-corrected chi connectivity index (χ3v) is 7.76. The van der Waals surface area contributed by atoms with Crippen LogP contribution >= 0.6 is 0 Å². The Morgan fingerprint density at radius 3 is 0.688 bits per heavy atom. The van der Waals surface area contributed by atoms with E-state index in [0.717, 1.165) is 22.3 Å². The summed E-state index contributed by atoms with van der Waals surface area (Å²) in [7, 11) is 5.22. The smallest absolute Gasteiger partial charge is 0.338 e. The molecule has 0 aromatic heterocycles. The molecule has 0 fully saturated rings. The largest absolute Gasteiger partial charge is 0.465 e. The first-order valence-corrected chi connectivity index (χ1v) is 14.9. The molecule has 0 N–H and O–H groups in total. The monoisotopic (exact) mass is 640 g/mol. The fourth-order valence-electron chi connectivity index (χ4n) is 5.15. The highest BCUT2D eigenvalue weighted by molar-refractivity contribution is 6.03. The quantitative estimate of drug-likeness (QED) is 0.145. The summed E-state index contributed by atoms with van der Waals surface area (Å²) >= 11 is 0. The van der Waals surface area contributed by atoms with Gasteiger partial charge in [0.25, 0.3) is 0 Å². The van der Waals surface area contributed by atoms with Crippen LogP contribution in [0.15, 0.2) is 72.8 Å². The van der Waals surface area contributed by atoms with Crippen molar-refractivity contribution in [2.45, 2.75) is 0 Å². The minimum atomic E-state index is -0.548. The first kappa shape index (κ1) is 33.1. The maximum atomic E-state index is 12.8. The predicted molar refractivity (Wildman–Crippen MR) is 187 cm³/mol. The lowest BCUT2D eigenvalue weighted by Gasteiger charge is -2.11. The van der Waals surface area contributed by atoms with Gasteiger partial charge in [0.15, 0.2) is 0 Å². The number of hydrogen-bond donors (Lipinski definition) is 0. The number of esters is 4. The molecule has 0 unspecified atom stereocenters. The van der Waals surface area contributed by atoms with E-state index >= 15 is 0 Å². The van der Waals surface area contributed by atoms with Gasteiger partial charge >= 0.3 is 23.9 Å². The molecule has 0 saturated carbocycles. The van der Waals surface area contributed by atoms with Gasteiger partial charge in [-0.15, -0.1) is 0 Å². The third kappa shape index (κ3) is 7.40. The summed E-state index contributed by atoms with van der Waals surface area (Å²) in [5, 5.41) is 0. The number of carbonyl (C=O) groups is 4. The van der Waals surface area contributed by atoms with Gasteiger partial charge in [0.2, 0.25) is 0 Å². The molecule has 0 aliphatic heterocycles. The average Bonchev–Trinajstić information content (AvgIpc) is 3.13. The van der Waals surface area contributed by atoms with E-state index in [1.54, 1.807) is 48.6 Å². The normalized spacial score (nSPS) is 14.4. The van der Waals surface area contributed by atoms with Crippen LogP contribution in [0, 0.1) is 0 Å². The number of carbonyl (C=O) groups excluding carboxylic acids is 4. The Kier molecular flexibility index (Phi) is 10.3. The Hall–Kier alpha value is -6.28. The van der Waals surface area contributed by atoms with Crippen LogP contribution in [0.5, 0.6) is 0 Å². The Labute approximate surface area is 278 Å². The van der Waals surface area contributed by atoms with E-state index in [1.165, 1.54) is 28.4 Å². The van der Waals surface area contributed by atoms with Gasteiger partial charge in [-0.25, -0.2) is 19.2 Å². The lowest BCUT2D eigenvalue weighted by molar-refractivity contribution is 0.0586. The zero-order valence-electron chi connectivity index (χ0n) is 26.8. The summed E-state index contributed by atoms with van der Waals surface area (Å²) in [6, 6.07) is 21.5. The van der Waals surface area contributed by atoms with Crippen LogP contribution in [0.2, 0.25) is 0 Å². The van der Waals surface area contributed by atoms with Crippen molar-refractivity contribution < 1.29 is 38.1 Å². The molecule has 0 amide bonds. The Balaban J connectivity index is 1.70. The van der Waals surface area contributed by atoms with Gasteiger partial charge in [-0.3, -0.25) is 0 Å². The second-order valence-electron chi connectivity index (χ2n) is 10.7. The number of ether oxygens (including phenoxy) is 4. The molecule has 8 nitrogen and oxygen atoms in total. The van der Waals surface area contributed by atoms with Gasteiger partial charge in [-0.1, -0.05) is 97.1 Å². The van der Waals surface area contributed by atoms with Gasteiger partial charge in [-0.2, -0.15) is 0 Å². The Bertz CT molecular complexity index is 1720. The molecule has 0 radical (unpaired) electrons. The molecule has 4 aromatic rings. The summed E-state index contributed by atoms with van der Waals surface area (Å²) in [4.78, 5) is 51.3. The van der Waals surface area contributed by atoms with E-state index in [2.05, 4.69) is 0 Å². The van der Waals surface area contributed by atoms with Crippen LogP contribution in [0.25, 0.3) is 48.6 Å². The molecule has 14 rings (SSSR count). The fraction of sp³-hybridized carbons (Fsp3) is 0.100. The van der Waals surface area contributed by atoms with Crippen LogP contribution in [0.3, 0.4) is 0 Å². The van der Waals surface area contributed by atoms with Crippen molar-refractivity contribution in [3.05, 3.63) is 140 Å². The molecule has 0 heterocycles. The summed E-state index contributed by atoms with van der Waals surface area (Å²) in [6.07, 6.45) is 14.2. The molecule has 10 aliphatic rings. The van der Waals surface area contributed by atoms with E-state index < -0.39 is 23.9 Å². The highest BCUT2D eigenvalue weighted by Gasteiger charge is 2.20. The summed E-state index contributed by atoms with van der Waals surface area (Å²) < 4.78 is 20.2. The molecule has 4 aromatic carbocycles. The molecule has 0 saturated heterocycles. The summed E-state index contributed by atoms with van der Waals surface area (Å²) in [5.41, 5.74) is 6.36. The van der Waals surface area contributed by atoms with Crippen molar-refractivity contribution >= 4 is 72.5 Å². The second-order valence-corrected chi connectivity index (χ2v) is 10.7. The SMILES string of the molecule is COC(=O)c1cc2c(C(=O)OC)cc1/C=C\c1ccc(cc1)/C=C\c1cc(C(=O)OC)c(cc1C(=O)OC)/C=C\c1ccc(cc1)/C=C\2. The fourth-order valence-corrected chi connectivity index (χ4v) is 5.15. The van der Waals surface area contributed by atoms with E-state index in [4.69, 9.17) is 18.9 Å². The van der Waals surface area contributed by atoms with Gasteiger partial charge in [0.05, 0.1) is 50.7 Å². The lowest BCUT2D eigenvalue weighted by atomic mass is 9.95. The molecule has 8 bridgehead atoms. The van der Waals surface area contributed by atoms with Crippen molar-refractivity contribution in [3.8, 4) is 0 Å². The van der Waals surface area contributed by atoms with Crippen LogP contribution < -0.4 is 0 Å². The number of methoxy groups -OCH3 is 4. The van der Waals surface area contributed by atoms with E-state index in [9.17, 15) is 19.2 Å². The van der Waals surface area contributed by atoms with Gasteiger partial charge in [-0.05, 0) is 68.8 Å². The minimum absolute atomic E-state index is 0.286. The maximum absolute atomic E-state index is 12.8. The molecule has 10 aliphatic carbocycles. The maximum Gasteiger partial charge on any atom is 0.338 e. The van der Waals surface area contributed by atoms with Gasteiger partial charge < -0.3 is 18.9 Å². The Morgan fingerprint density at radius 2 is 0.521 bits per heavy atom. The highest BCUT2D eigenvalue weighted by atomic mass is 16.5. The zero-order valence-corrected chi connectivity index (χ0v) is 26.8. The third-order valence-electron chi connectivity index (χ3n) is 7.76. The summed E-state index contributed by atoms with van der Waals surface area (Å²) in [5.74, 6) is -2.19. The van der Waals surface area contributed by atoms with E-state index in [0.29, 0.717) is 22.3 Å². The second kappa shape index (κ2) is 14.9. The molecular formula is C40H32O8. The zero-order chi connectivity index (χ0) is 34.2. The van der Waals surface area contributed by atoms with Crippen molar-refractivity contribution in [2.75, 3.05) is 28.4 Å². The standard InChI is InChI=1S/C40H32O8/c1-45-37(41)33-21-30-18-14-26-9-11-28(12-10-26)16-20-32-24-35(39(43)47-3)31(23-36(32)40(44)48-4)19-15-27-7-5-25(6-8-27)13-17-29(33)22-34(30)38(42)46-2/h5-24H,1-4H3/b17-13-,18-14-,19-15-,20-16-,25-13?,26-14?,27-15?,28-16?,29-17?,30-18?,31-19?,32-20?. The first-order valence-electron chi connectivity index (χ1n) is 14.9. The lowest BCUT2D eigenvalue weighted by Crippen LogP contribution is -2.09. The van der Waals surface area contributed by atoms with Crippen LogP contribution in [-0.2, 0) is 18.9 Å². The van der Waals surface area contributed by atoms with E-state index in [-0.39, 0.29) is 22.3 Å². The first-order chi connectivity index (χ1) is 23.2. The summed E-state index contributed by atoms with van der Waals surface area (Å²) in [6.45, 7) is 0. The number of rotatable bonds is 4. The molecular weight excluding hydrogens is 608 g/mol. The number of hydrogen-bond acceptors (Lipinski definition) is 8. The minimum Gasteiger partial charge on any atom is -0.465 e. The van der Waals surface area contributed by atoms with Gasteiger partial charge in [0, 0.05) is 0 Å².